The Morgan fingerprint density at radius 3 is 2.00 bits per heavy atom. The second kappa shape index (κ2) is 5.69. The molecule has 0 fully saturated rings. The average Bonchev–Trinajstić information content (AvgIpc) is 2.12. The highest BCUT2D eigenvalue weighted by molar-refractivity contribution is 7.89. The zero-order valence-corrected chi connectivity index (χ0v) is 12.5. The minimum absolute atomic E-state index is 0.0384. The number of hydrogen-bond acceptors (Lipinski definition) is 2. The predicted molar refractivity (Wildman–Crippen MR) is 70.4 cm³/mol. The van der Waals surface area contributed by atoms with Crippen LogP contribution in [0.5, 0.6) is 0 Å². The van der Waals surface area contributed by atoms with E-state index in [4.69, 9.17) is 11.6 Å². The third-order valence-corrected chi connectivity index (χ3v) is 4.30. The number of rotatable bonds is 6. The molecular formula is C11H24ClNO2S. The van der Waals surface area contributed by atoms with Crippen LogP contribution < -0.4 is 4.72 Å². The first-order valence-electron chi connectivity index (χ1n) is 5.51. The molecular weight excluding hydrogens is 246 g/mol. The maximum absolute atomic E-state index is 11.7. The summed E-state index contributed by atoms with van der Waals surface area (Å²) in [5, 5.41) is 0. The van der Waals surface area contributed by atoms with Gasteiger partial charge in [-0.25, -0.2) is 13.1 Å². The van der Waals surface area contributed by atoms with Crippen LogP contribution in [0.15, 0.2) is 0 Å². The average molecular weight is 270 g/mol. The Balaban J connectivity index is 4.18. The first-order valence-corrected chi connectivity index (χ1v) is 7.69. The molecule has 0 rings (SSSR count). The lowest BCUT2D eigenvalue weighted by Crippen LogP contribution is -2.36. The van der Waals surface area contributed by atoms with Crippen LogP contribution in [0.3, 0.4) is 0 Å². The molecule has 0 bridgehead atoms. The highest BCUT2D eigenvalue weighted by Crippen LogP contribution is 2.20. The Kier molecular flexibility index (Phi) is 5.77. The Labute approximate surface area is 105 Å². The van der Waals surface area contributed by atoms with E-state index in [1.54, 1.807) is 0 Å². The van der Waals surface area contributed by atoms with Crippen molar-refractivity contribution in [1.29, 1.82) is 0 Å². The molecule has 0 spiro atoms. The van der Waals surface area contributed by atoms with Gasteiger partial charge in [0.05, 0.1) is 5.75 Å². The molecule has 0 aromatic carbocycles. The second-order valence-corrected chi connectivity index (χ2v) is 8.44. The zero-order chi connectivity index (χ0) is 13.0. The van der Waals surface area contributed by atoms with Crippen LogP contribution in [-0.2, 0) is 10.0 Å². The third kappa shape index (κ3) is 8.36. The molecule has 0 amide bonds. The lowest BCUT2D eigenvalue weighted by atomic mass is 9.94. The number of sulfonamides is 1. The van der Waals surface area contributed by atoms with E-state index < -0.39 is 10.0 Å². The zero-order valence-electron chi connectivity index (χ0n) is 10.9. The third-order valence-electron chi connectivity index (χ3n) is 2.25. The van der Waals surface area contributed by atoms with Gasteiger partial charge in [0, 0.05) is 12.4 Å². The number of nitrogens with one attached hydrogen (secondary N) is 1. The van der Waals surface area contributed by atoms with Crippen molar-refractivity contribution in [2.45, 2.75) is 41.0 Å². The molecule has 0 aliphatic heterocycles. The summed E-state index contributed by atoms with van der Waals surface area (Å²) >= 11 is 5.74. The highest BCUT2D eigenvalue weighted by atomic mass is 35.5. The van der Waals surface area contributed by atoms with Crippen molar-refractivity contribution < 1.29 is 8.42 Å². The minimum atomic E-state index is -3.17. The number of alkyl halides is 1. The summed E-state index contributed by atoms with van der Waals surface area (Å²) in [6.07, 6.45) is 0.656. The number of halogens is 1. The van der Waals surface area contributed by atoms with Crippen LogP contribution in [-0.4, -0.2) is 26.6 Å². The van der Waals surface area contributed by atoms with E-state index >= 15 is 0 Å². The lowest BCUT2D eigenvalue weighted by molar-refractivity contribution is 0.391. The van der Waals surface area contributed by atoms with Gasteiger partial charge >= 0.3 is 0 Å². The van der Waals surface area contributed by atoms with Gasteiger partial charge in [-0.15, -0.1) is 11.6 Å². The van der Waals surface area contributed by atoms with E-state index in [9.17, 15) is 8.42 Å². The summed E-state index contributed by atoms with van der Waals surface area (Å²) in [4.78, 5) is 0. The summed E-state index contributed by atoms with van der Waals surface area (Å²) < 4.78 is 26.0. The van der Waals surface area contributed by atoms with Gasteiger partial charge < -0.3 is 0 Å². The molecule has 0 aromatic rings. The molecule has 0 aromatic heterocycles. The molecule has 0 aliphatic carbocycles. The van der Waals surface area contributed by atoms with Gasteiger partial charge in [-0.3, -0.25) is 0 Å². The Morgan fingerprint density at radius 2 is 1.62 bits per heavy atom. The Morgan fingerprint density at radius 1 is 1.12 bits per heavy atom. The van der Waals surface area contributed by atoms with E-state index in [0.29, 0.717) is 18.8 Å². The highest BCUT2D eigenvalue weighted by Gasteiger charge is 2.21. The van der Waals surface area contributed by atoms with Crippen LogP contribution in [0, 0.1) is 10.8 Å². The van der Waals surface area contributed by atoms with Crippen LogP contribution in [0.2, 0.25) is 0 Å². The van der Waals surface area contributed by atoms with Gasteiger partial charge in [-0.1, -0.05) is 34.6 Å². The smallest absolute Gasteiger partial charge is 0.211 e. The molecule has 0 saturated carbocycles. The monoisotopic (exact) mass is 269 g/mol. The topological polar surface area (TPSA) is 46.2 Å². The SMILES string of the molecule is CC(C)(C)CCS(=O)(=O)NCC(C)(C)CCl. The summed E-state index contributed by atoms with van der Waals surface area (Å²) in [6, 6.07) is 0. The summed E-state index contributed by atoms with van der Waals surface area (Å²) in [5.41, 5.74) is -0.160. The van der Waals surface area contributed by atoms with E-state index in [2.05, 4.69) is 4.72 Å². The second-order valence-electron chi connectivity index (χ2n) is 6.25. The number of hydrogen-bond donors (Lipinski definition) is 1. The van der Waals surface area contributed by atoms with E-state index in [1.807, 2.05) is 34.6 Å². The van der Waals surface area contributed by atoms with Gasteiger partial charge in [-0.2, -0.15) is 0 Å². The molecule has 0 atom stereocenters. The van der Waals surface area contributed by atoms with E-state index in [1.165, 1.54) is 0 Å². The van der Waals surface area contributed by atoms with Crippen molar-refractivity contribution in [1.82, 2.24) is 4.72 Å². The van der Waals surface area contributed by atoms with Crippen LogP contribution >= 0.6 is 11.6 Å². The van der Waals surface area contributed by atoms with Crippen molar-refractivity contribution in [3.8, 4) is 0 Å². The van der Waals surface area contributed by atoms with Gasteiger partial charge in [0.1, 0.15) is 0 Å². The van der Waals surface area contributed by atoms with E-state index in [0.717, 1.165) is 0 Å². The summed E-state index contributed by atoms with van der Waals surface area (Å²) in [5.74, 6) is 0.615. The fraction of sp³-hybridized carbons (Fsp3) is 1.00. The fourth-order valence-electron chi connectivity index (χ4n) is 0.865. The normalized spacial score (nSPS) is 14.1. The first-order chi connectivity index (χ1) is 6.97. The van der Waals surface area contributed by atoms with Crippen LogP contribution in [0.25, 0.3) is 0 Å². The van der Waals surface area contributed by atoms with Crippen molar-refractivity contribution in [2.24, 2.45) is 10.8 Å². The van der Waals surface area contributed by atoms with Crippen molar-refractivity contribution in [3.63, 3.8) is 0 Å². The Hall–Kier alpha value is 0.200. The molecule has 16 heavy (non-hydrogen) atoms. The lowest BCUT2D eigenvalue weighted by Gasteiger charge is -2.23. The maximum Gasteiger partial charge on any atom is 0.211 e. The molecule has 0 aliphatic rings. The fourth-order valence-corrected chi connectivity index (χ4v) is 2.60. The van der Waals surface area contributed by atoms with Gasteiger partial charge in [0.15, 0.2) is 0 Å². The van der Waals surface area contributed by atoms with Gasteiger partial charge in [-0.05, 0) is 17.3 Å². The molecule has 5 heteroatoms. The van der Waals surface area contributed by atoms with Crippen molar-refractivity contribution >= 4 is 21.6 Å². The molecule has 0 radical (unpaired) electrons. The molecule has 0 heterocycles. The molecule has 0 saturated heterocycles. The van der Waals surface area contributed by atoms with Gasteiger partial charge in [0.2, 0.25) is 10.0 Å². The Bertz CT molecular complexity index is 304. The minimum Gasteiger partial charge on any atom is -0.215 e. The molecule has 0 unspecified atom stereocenters. The summed E-state index contributed by atoms with van der Waals surface area (Å²) in [7, 11) is -3.17. The quantitative estimate of drug-likeness (QED) is 0.754. The standard InChI is InChI=1S/C11H24ClNO2S/c1-10(2,3)6-7-16(14,15)13-9-11(4,5)8-12/h13H,6-9H2,1-5H3. The van der Waals surface area contributed by atoms with E-state index in [-0.39, 0.29) is 16.6 Å². The van der Waals surface area contributed by atoms with Gasteiger partial charge in [0.25, 0.3) is 0 Å². The molecule has 98 valence electrons. The van der Waals surface area contributed by atoms with Crippen LogP contribution in [0.1, 0.15) is 41.0 Å². The van der Waals surface area contributed by atoms with Crippen LogP contribution in [0.4, 0.5) is 0 Å². The predicted octanol–water partition coefficient (Wildman–Crippen LogP) is 2.61. The van der Waals surface area contributed by atoms with Crippen molar-refractivity contribution in [3.05, 3.63) is 0 Å². The summed E-state index contributed by atoms with van der Waals surface area (Å²) in [6.45, 7) is 10.4. The largest absolute Gasteiger partial charge is 0.215 e. The van der Waals surface area contributed by atoms with Crippen molar-refractivity contribution in [2.75, 3.05) is 18.2 Å². The molecule has 1 N–H and O–H groups in total. The maximum atomic E-state index is 11.7. The molecule has 3 nitrogen and oxygen atoms in total. The first kappa shape index (κ1) is 16.2.